The van der Waals surface area contributed by atoms with E-state index in [1.54, 1.807) is 6.07 Å². The molecule has 3 nitrogen and oxygen atoms in total. The lowest BCUT2D eigenvalue weighted by molar-refractivity contribution is 0.0696. The summed E-state index contributed by atoms with van der Waals surface area (Å²) in [5.74, 6) is -0.842. The molecule has 1 aliphatic rings. The summed E-state index contributed by atoms with van der Waals surface area (Å²) in [7, 11) is 0. The topological polar surface area (TPSA) is 49.7 Å². The van der Waals surface area contributed by atoms with Crippen molar-refractivity contribution in [2.24, 2.45) is 4.99 Å². The van der Waals surface area contributed by atoms with E-state index >= 15 is 0 Å². The van der Waals surface area contributed by atoms with Crippen molar-refractivity contribution in [2.75, 3.05) is 0 Å². The summed E-state index contributed by atoms with van der Waals surface area (Å²) in [6.07, 6.45) is 17.6. The first-order valence-electron chi connectivity index (χ1n) is 12.0. The quantitative estimate of drug-likeness (QED) is 0.302. The molecule has 0 aromatic heterocycles. The van der Waals surface area contributed by atoms with Crippen molar-refractivity contribution in [3.05, 3.63) is 29.3 Å². The van der Waals surface area contributed by atoms with Crippen LogP contribution in [0.2, 0.25) is 0 Å². The third-order valence-corrected chi connectivity index (χ3v) is 6.65. The van der Waals surface area contributed by atoms with Gasteiger partial charge in [-0.3, -0.25) is 4.99 Å². The van der Waals surface area contributed by atoms with Gasteiger partial charge in [0.1, 0.15) is 0 Å². The van der Waals surface area contributed by atoms with Gasteiger partial charge in [0.15, 0.2) is 0 Å². The maximum Gasteiger partial charge on any atom is 0.335 e. The van der Waals surface area contributed by atoms with Gasteiger partial charge in [0.05, 0.1) is 11.3 Å². The maximum atomic E-state index is 11.6. The second-order valence-electron chi connectivity index (χ2n) is 8.85. The number of hydrogen-bond donors (Lipinski definition) is 1. The van der Waals surface area contributed by atoms with Crippen molar-refractivity contribution in [3.63, 3.8) is 0 Å². The van der Waals surface area contributed by atoms with Gasteiger partial charge in [0.25, 0.3) is 0 Å². The first-order chi connectivity index (χ1) is 14.0. The minimum absolute atomic E-state index is 0.0592. The lowest BCUT2D eigenvalue weighted by atomic mass is 9.70. The van der Waals surface area contributed by atoms with Gasteiger partial charge in [0.2, 0.25) is 0 Å². The molecule has 0 saturated heterocycles. The molecule has 0 saturated carbocycles. The number of benzene rings is 1. The van der Waals surface area contributed by atoms with E-state index in [9.17, 15) is 9.90 Å². The summed E-state index contributed by atoms with van der Waals surface area (Å²) in [5, 5.41) is 9.51. The van der Waals surface area contributed by atoms with E-state index in [1.165, 1.54) is 82.8 Å². The third kappa shape index (κ3) is 6.42. The lowest BCUT2D eigenvalue weighted by Gasteiger charge is -2.32. The standard InChI is InChI=1S/C26H41NO2/c1-4-6-8-10-12-14-18-26(19-15-13-11-9-7-5-2)21(3)27-24-17-16-22(25(28)29)20-23(24)26/h16-17,20H,4-15,18-19H2,1-3H3,(H,28,29). The Labute approximate surface area is 178 Å². The smallest absolute Gasteiger partial charge is 0.335 e. The van der Waals surface area contributed by atoms with Crippen LogP contribution in [0.5, 0.6) is 0 Å². The number of fused-ring (bicyclic) bond motifs is 1. The van der Waals surface area contributed by atoms with E-state index in [0.29, 0.717) is 5.56 Å². The predicted molar refractivity (Wildman–Crippen MR) is 124 cm³/mol. The Morgan fingerprint density at radius 2 is 1.38 bits per heavy atom. The predicted octanol–water partition coefficient (Wildman–Crippen LogP) is 8.23. The number of carboxylic acids is 1. The molecule has 29 heavy (non-hydrogen) atoms. The minimum atomic E-state index is -0.842. The zero-order valence-corrected chi connectivity index (χ0v) is 18.9. The van der Waals surface area contributed by atoms with Crippen LogP contribution in [0.15, 0.2) is 23.2 Å². The molecular formula is C26H41NO2. The molecule has 0 atom stereocenters. The van der Waals surface area contributed by atoms with E-state index < -0.39 is 5.97 Å². The minimum Gasteiger partial charge on any atom is -0.478 e. The van der Waals surface area contributed by atoms with Gasteiger partial charge in [0, 0.05) is 11.1 Å². The molecule has 0 fully saturated rings. The maximum absolute atomic E-state index is 11.6. The number of carbonyl (C=O) groups is 1. The number of aromatic carboxylic acids is 1. The second-order valence-corrected chi connectivity index (χ2v) is 8.85. The fourth-order valence-electron chi connectivity index (χ4n) is 4.80. The van der Waals surface area contributed by atoms with Crippen LogP contribution in [0.4, 0.5) is 5.69 Å². The van der Waals surface area contributed by atoms with Gasteiger partial charge in [-0.1, -0.05) is 90.9 Å². The summed E-state index contributed by atoms with van der Waals surface area (Å²) < 4.78 is 0. The van der Waals surface area contributed by atoms with E-state index in [0.717, 1.165) is 24.1 Å². The average Bonchev–Trinajstić information content (AvgIpc) is 2.98. The highest BCUT2D eigenvalue weighted by Gasteiger charge is 2.40. The number of rotatable bonds is 15. The SMILES string of the molecule is CCCCCCCCC1(CCCCCCCC)C(C)=Nc2ccc(C(=O)O)cc21. The lowest BCUT2D eigenvalue weighted by Crippen LogP contribution is -2.32. The highest BCUT2D eigenvalue weighted by atomic mass is 16.4. The molecule has 0 radical (unpaired) electrons. The molecule has 0 amide bonds. The van der Waals surface area contributed by atoms with Crippen LogP contribution >= 0.6 is 0 Å². The van der Waals surface area contributed by atoms with Gasteiger partial charge >= 0.3 is 5.97 Å². The zero-order chi connectivity index (χ0) is 21.1. The van der Waals surface area contributed by atoms with Crippen molar-refractivity contribution in [1.29, 1.82) is 0 Å². The number of carboxylic acid groups (broad SMARTS) is 1. The molecule has 0 unspecified atom stereocenters. The first kappa shape index (κ1) is 23.6. The summed E-state index contributed by atoms with van der Waals surface area (Å²) in [5.41, 5.74) is 3.68. The Hall–Kier alpha value is -1.64. The second kappa shape index (κ2) is 12.1. The van der Waals surface area contributed by atoms with Gasteiger partial charge < -0.3 is 5.11 Å². The monoisotopic (exact) mass is 399 g/mol. The third-order valence-electron chi connectivity index (χ3n) is 6.65. The molecule has 0 aliphatic carbocycles. The molecule has 0 bridgehead atoms. The van der Waals surface area contributed by atoms with Crippen LogP contribution in [0.3, 0.4) is 0 Å². The van der Waals surface area contributed by atoms with Crippen LogP contribution in [0.25, 0.3) is 0 Å². The molecule has 1 heterocycles. The van der Waals surface area contributed by atoms with Crippen LogP contribution in [-0.4, -0.2) is 16.8 Å². The van der Waals surface area contributed by atoms with Crippen molar-refractivity contribution < 1.29 is 9.90 Å². The van der Waals surface area contributed by atoms with Gasteiger partial charge in [-0.25, -0.2) is 4.79 Å². The van der Waals surface area contributed by atoms with Crippen LogP contribution in [0, 0.1) is 0 Å². The number of unbranched alkanes of at least 4 members (excludes halogenated alkanes) is 10. The molecule has 0 spiro atoms. The van der Waals surface area contributed by atoms with E-state index in [1.807, 2.05) is 12.1 Å². The molecule has 2 rings (SSSR count). The van der Waals surface area contributed by atoms with E-state index in [-0.39, 0.29) is 5.41 Å². The number of nitrogens with zero attached hydrogens (tertiary/aromatic N) is 1. The summed E-state index contributed by atoms with van der Waals surface area (Å²) >= 11 is 0. The molecule has 3 heteroatoms. The molecule has 1 aromatic rings. The Balaban J connectivity index is 2.11. The summed E-state index contributed by atoms with van der Waals surface area (Å²) in [6.45, 7) is 6.67. The van der Waals surface area contributed by atoms with Crippen molar-refractivity contribution in [3.8, 4) is 0 Å². The Morgan fingerprint density at radius 1 is 0.862 bits per heavy atom. The van der Waals surface area contributed by atoms with Crippen molar-refractivity contribution in [2.45, 2.75) is 116 Å². The van der Waals surface area contributed by atoms with Gasteiger partial charge in [-0.2, -0.15) is 0 Å². The van der Waals surface area contributed by atoms with Crippen LogP contribution in [0.1, 0.15) is 127 Å². The Morgan fingerprint density at radius 3 is 1.90 bits per heavy atom. The summed E-state index contributed by atoms with van der Waals surface area (Å²) in [6, 6.07) is 5.52. The van der Waals surface area contributed by atoms with Crippen molar-refractivity contribution in [1.82, 2.24) is 0 Å². The first-order valence-corrected chi connectivity index (χ1v) is 12.0. The normalized spacial score (nSPS) is 14.7. The van der Waals surface area contributed by atoms with Crippen LogP contribution in [-0.2, 0) is 5.41 Å². The molecule has 1 aliphatic heterocycles. The fourth-order valence-corrected chi connectivity index (χ4v) is 4.80. The highest BCUT2D eigenvalue weighted by molar-refractivity contribution is 6.01. The molecule has 1 N–H and O–H groups in total. The Kier molecular flexibility index (Phi) is 9.90. The van der Waals surface area contributed by atoms with Gasteiger partial charge in [-0.15, -0.1) is 0 Å². The van der Waals surface area contributed by atoms with Crippen molar-refractivity contribution >= 4 is 17.4 Å². The number of hydrogen-bond acceptors (Lipinski definition) is 2. The zero-order valence-electron chi connectivity index (χ0n) is 18.9. The average molecular weight is 400 g/mol. The Bertz CT molecular complexity index is 661. The summed E-state index contributed by atoms with van der Waals surface area (Å²) in [4.78, 5) is 16.5. The fraction of sp³-hybridized carbons (Fsp3) is 0.692. The van der Waals surface area contributed by atoms with Crippen LogP contribution < -0.4 is 0 Å². The highest BCUT2D eigenvalue weighted by Crippen LogP contribution is 2.47. The molecule has 162 valence electrons. The largest absolute Gasteiger partial charge is 0.478 e. The van der Waals surface area contributed by atoms with E-state index in [4.69, 9.17) is 4.99 Å². The van der Waals surface area contributed by atoms with Gasteiger partial charge in [-0.05, 0) is 43.5 Å². The van der Waals surface area contributed by atoms with E-state index in [2.05, 4.69) is 20.8 Å². The molecule has 1 aromatic carbocycles. The number of aliphatic imine (C=N–C) groups is 1. The molecular weight excluding hydrogens is 358 g/mol.